The molecule has 0 spiro atoms. The molecule has 4 N–H and O–H groups in total. The van der Waals surface area contributed by atoms with E-state index in [1.807, 2.05) is 65.0 Å². The van der Waals surface area contributed by atoms with Crippen molar-refractivity contribution < 1.29 is 28.7 Å². The normalized spacial score (nSPS) is 15.1. The zero-order chi connectivity index (χ0) is 39.8. The summed E-state index contributed by atoms with van der Waals surface area (Å²) < 4.78 is 11.0. The van der Waals surface area contributed by atoms with Crippen molar-refractivity contribution in [1.29, 1.82) is 0 Å². The lowest BCUT2D eigenvalue weighted by Crippen LogP contribution is -2.51. The molecule has 0 unspecified atom stereocenters. The minimum absolute atomic E-state index is 0.144. The number of methoxy groups -OCH3 is 2. The van der Waals surface area contributed by atoms with Crippen molar-refractivity contribution in [2.75, 3.05) is 27.3 Å². The van der Waals surface area contributed by atoms with Gasteiger partial charge in [-0.3, -0.25) is 19.0 Å². The lowest BCUT2D eigenvalue weighted by molar-refractivity contribution is -0.136. The maximum Gasteiger partial charge on any atom is 0.407 e. The van der Waals surface area contributed by atoms with Gasteiger partial charge in [-0.05, 0) is 54.9 Å². The first kappa shape index (κ1) is 40.3. The average molecular weight is 758 g/mol. The van der Waals surface area contributed by atoms with Gasteiger partial charge in [-0.1, -0.05) is 46.8 Å². The Bertz CT molecular complexity index is 2020. The van der Waals surface area contributed by atoms with Gasteiger partial charge in [0.1, 0.15) is 23.7 Å². The molecule has 0 bridgehead atoms. The molecule has 0 aliphatic carbocycles. The third-order valence-electron chi connectivity index (χ3n) is 9.69. The van der Waals surface area contributed by atoms with E-state index in [-0.39, 0.29) is 41.8 Å². The molecule has 3 aromatic heterocycles. The number of carbonyl (C=O) groups excluding carboxylic acids is 4. The molecule has 5 rings (SSSR count). The van der Waals surface area contributed by atoms with Gasteiger partial charge in [0.25, 0.3) is 5.56 Å². The van der Waals surface area contributed by atoms with Crippen molar-refractivity contribution in [3.63, 3.8) is 0 Å². The first-order valence-corrected chi connectivity index (χ1v) is 18.6. The molecule has 0 radical (unpaired) electrons. The standard InChI is InChI=1S/C39H51N9O7/c1-8-16-46(36(50)33(23(2)3)44-38(52)54-6)22-31-40-20-28(42-31)25-11-13-27(14-12-25)47-18-15-26(19-32(47)49)29-21-41-35(43-29)30-10-9-17-48(30)37(51)34(24(4)5)45-39(53)55-7/h11-15,18-21,23-24,30,33-34H,8-10,16-17,22H2,1-7H3,(H,40,42)(H,41,43)(H,44,52)(H,45,53)/t30-,33-,34-/m0/s1. The number of hydrogen-bond acceptors (Lipinski definition) is 9. The van der Waals surface area contributed by atoms with Gasteiger partial charge < -0.3 is 39.9 Å². The number of ether oxygens (including phenoxy) is 2. The van der Waals surface area contributed by atoms with Crippen LogP contribution in [0.3, 0.4) is 0 Å². The maximum atomic E-state index is 13.5. The van der Waals surface area contributed by atoms with Crippen LogP contribution >= 0.6 is 0 Å². The Morgan fingerprint density at radius 3 is 2.15 bits per heavy atom. The van der Waals surface area contributed by atoms with E-state index in [0.29, 0.717) is 48.1 Å². The molecule has 16 heteroatoms. The lowest BCUT2D eigenvalue weighted by Gasteiger charge is -2.30. The molecule has 16 nitrogen and oxygen atoms in total. The number of aromatic nitrogens is 5. The van der Waals surface area contributed by atoms with Crippen LogP contribution in [-0.2, 0) is 25.6 Å². The molecule has 4 heterocycles. The number of carbonyl (C=O) groups is 4. The number of nitrogens with one attached hydrogen (secondary N) is 4. The van der Waals surface area contributed by atoms with Crippen LogP contribution in [0.2, 0.25) is 0 Å². The van der Waals surface area contributed by atoms with Crippen LogP contribution in [0.1, 0.15) is 71.6 Å². The van der Waals surface area contributed by atoms with Crippen molar-refractivity contribution in [2.24, 2.45) is 11.8 Å². The highest BCUT2D eigenvalue weighted by molar-refractivity contribution is 5.87. The number of rotatable bonds is 14. The van der Waals surface area contributed by atoms with Crippen LogP contribution in [0.25, 0.3) is 28.2 Å². The summed E-state index contributed by atoms with van der Waals surface area (Å²) in [5.74, 6) is 0.509. The third-order valence-corrected chi connectivity index (χ3v) is 9.69. The first-order valence-electron chi connectivity index (χ1n) is 18.6. The monoisotopic (exact) mass is 757 g/mol. The number of likely N-dealkylation sites (tertiary alicyclic amines) is 1. The largest absolute Gasteiger partial charge is 0.453 e. The van der Waals surface area contributed by atoms with Gasteiger partial charge in [0, 0.05) is 36.6 Å². The third kappa shape index (κ3) is 9.42. The maximum absolute atomic E-state index is 13.5. The highest BCUT2D eigenvalue weighted by Crippen LogP contribution is 2.32. The Hall–Kier alpha value is -5.93. The molecule has 55 heavy (non-hydrogen) atoms. The summed E-state index contributed by atoms with van der Waals surface area (Å²) in [5.41, 5.74) is 3.33. The summed E-state index contributed by atoms with van der Waals surface area (Å²) in [5, 5.41) is 5.31. The van der Waals surface area contributed by atoms with Crippen molar-refractivity contribution in [3.05, 3.63) is 77.0 Å². The van der Waals surface area contributed by atoms with E-state index in [4.69, 9.17) is 9.47 Å². The van der Waals surface area contributed by atoms with Gasteiger partial charge in [-0.25, -0.2) is 19.6 Å². The fraction of sp³-hybridized carbons (Fsp3) is 0.462. The number of aromatic amines is 2. The van der Waals surface area contributed by atoms with Gasteiger partial charge >= 0.3 is 12.2 Å². The Labute approximate surface area is 320 Å². The van der Waals surface area contributed by atoms with Crippen LogP contribution in [-0.4, -0.2) is 97.7 Å². The van der Waals surface area contributed by atoms with Crippen LogP contribution < -0.4 is 16.2 Å². The number of alkyl carbamates (subject to hydrolysis) is 2. The summed E-state index contributed by atoms with van der Waals surface area (Å²) in [7, 11) is 2.53. The van der Waals surface area contributed by atoms with E-state index < -0.39 is 24.3 Å². The van der Waals surface area contributed by atoms with Crippen LogP contribution in [0.4, 0.5) is 9.59 Å². The second-order valence-corrected chi connectivity index (χ2v) is 14.3. The van der Waals surface area contributed by atoms with E-state index in [0.717, 1.165) is 24.1 Å². The van der Waals surface area contributed by atoms with Crippen LogP contribution in [0.5, 0.6) is 0 Å². The van der Waals surface area contributed by atoms with E-state index in [2.05, 4.69) is 30.6 Å². The number of hydrogen-bond donors (Lipinski definition) is 4. The van der Waals surface area contributed by atoms with E-state index in [1.54, 1.807) is 33.0 Å². The number of pyridine rings is 1. The SMILES string of the molecule is CCCN(Cc1ncc(-c2ccc(-n3ccc(-c4cnc([C@@H]5CCCN5C(=O)[C@@H](NC(=O)OC)C(C)C)[nH]4)cc3=O)cc2)[nH]1)C(=O)[C@@H](NC(=O)OC)C(C)C. The van der Waals surface area contributed by atoms with Crippen LogP contribution in [0.15, 0.2) is 59.8 Å². The first-order chi connectivity index (χ1) is 26.3. The molecule has 1 aliphatic heterocycles. The number of benzene rings is 1. The predicted octanol–water partition coefficient (Wildman–Crippen LogP) is 4.78. The quantitative estimate of drug-likeness (QED) is 0.140. The van der Waals surface area contributed by atoms with Crippen molar-refractivity contribution in [2.45, 2.75) is 78.6 Å². The van der Waals surface area contributed by atoms with Gasteiger partial charge in [0.15, 0.2) is 0 Å². The predicted molar refractivity (Wildman–Crippen MR) is 205 cm³/mol. The fourth-order valence-electron chi connectivity index (χ4n) is 6.71. The lowest BCUT2D eigenvalue weighted by atomic mass is 10.0. The van der Waals surface area contributed by atoms with E-state index in [9.17, 15) is 24.0 Å². The van der Waals surface area contributed by atoms with Crippen molar-refractivity contribution in [3.8, 4) is 28.2 Å². The minimum Gasteiger partial charge on any atom is -0.453 e. The number of amides is 4. The zero-order valence-electron chi connectivity index (χ0n) is 32.4. The summed E-state index contributed by atoms with van der Waals surface area (Å²) in [6.07, 6.45) is 5.99. The molecule has 294 valence electrons. The Morgan fingerprint density at radius 1 is 0.891 bits per heavy atom. The van der Waals surface area contributed by atoms with Gasteiger partial charge in [-0.2, -0.15) is 0 Å². The smallest absolute Gasteiger partial charge is 0.407 e. The van der Waals surface area contributed by atoms with E-state index in [1.165, 1.54) is 20.3 Å². The summed E-state index contributed by atoms with van der Waals surface area (Å²) in [6.45, 7) is 10.7. The number of H-pyrrole nitrogens is 2. The fourth-order valence-corrected chi connectivity index (χ4v) is 6.71. The molecular weight excluding hydrogens is 706 g/mol. The van der Waals surface area contributed by atoms with Gasteiger partial charge in [0.2, 0.25) is 11.8 Å². The molecule has 4 aromatic rings. The highest BCUT2D eigenvalue weighted by Gasteiger charge is 2.37. The highest BCUT2D eigenvalue weighted by atomic mass is 16.5. The molecule has 0 saturated carbocycles. The Balaban J connectivity index is 1.26. The second-order valence-electron chi connectivity index (χ2n) is 14.3. The van der Waals surface area contributed by atoms with Crippen molar-refractivity contribution in [1.82, 2.24) is 44.9 Å². The Kier molecular flexibility index (Phi) is 13.1. The molecule has 1 aliphatic rings. The topological polar surface area (TPSA) is 197 Å². The van der Waals surface area contributed by atoms with E-state index >= 15 is 0 Å². The molecule has 1 aromatic carbocycles. The molecule has 4 amide bonds. The number of imidazole rings is 2. The average Bonchev–Trinajstić information content (AvgIpc) is 3.97. The summed E-state index contributed by atoms with van der Waals surface area (Å²) in [6, 6.07) is 9.05. The molecule has 1 fully saturated rings. The summed E-state index contributed by atoms with van der Waals surface area (Å²) >= 11 is 0. The summed E-state index contributed by atoms with van der Waals surface area (Å²) in [4.78, 5) is 83.3. The Morgan fingerprint density at radius 2 is 1.53 bits per heavy atom. The zero-order valence-corrected chi connectivity index (χ0v) is 32.4. The second kappa shape index (κ2) is 17.9. The minimum atomic E-state index is -0.739. The van der Waals surface area contributed by atoms with Crippen LogP contribution in [0, 0.1) is 11.8 Å². The molecular formula is C39H51N9O7. The molecule has 3 atom stereocenters. The number of nitrogens with zero attached hydrogens (tertiary/aromatic N) is 5. The van der Waals surface area contributed by atoms with Crippen molar-refractivity contribution >= 4 is 24.0 Å². The molecule has 1 saturated heterocycles. The van der Waals surface area contributed by atoms with Gasteiger partial charge in [-0.15, -0.1) is 0 Å². The van der Waals surface area contributed by atoms with Gasteiger partial charge in [0.05, 0.1) is 50.6 Å².